The molecular formula is C18H24N4O3S. The number of likely N-dealkylation sites (tertiary alicyclic amines) is 1. The fourth-order valence-corrected chi connectivity index (χ4v) is 4.09. The predicted octanol–water partition coefficient (Wildman–Crippen LogP) is 1.86. The third-order valence-corrected chi connectivity index (χ3v) is 5.35. The molecule has 2 aromatic heterocycles. The summed E-state index contributed by atoms with van der Waals surface area (Å²) in [6.45, 7) is 7.31. The van der Waals surface area contributed by atoms with Crippen molar-refractivity contribution in [1.29, 1.82) is 0 Å². The minimum atomic E-state index is -0.246. The normalized spacial score (nSPS) is 20.3. The van der Waals surface area contributed by atoms with Gasteiger partial charge in [0.15, 0.2) is 0 Å². The van der Waals surface area contributed by atoms with Crippen molar-refractivity contribution in [2.75, 3.05) is 13.1 Å². The van der Waals surface area contributed by atoms with Crippen LogP contribution in [0.3, 0.4) is 0 Å². The van der Waals surface area contributed by atoms with Gasteiger partial charge in [-0.3, -0.25) is 14.5 Å². The second kappa shape index (κ2) is 8.01. The molecule has 1 aliphatic rings. The molecule has 3 heterocycles. The van der Waals surface area contributed by atoms with Gasteiger partial charge in [0.05, 0.1) is 11.7 Å². The molecule has 0 radical (unpaired) electrons. The van der Waals surface area contributed by atoms with E-state index in [2.05, 4.69) is 32.1 Å². The van der Waals surface area contributed by atoms with Crippen LogP contribution >= 0.6 is 11.3 Å². The summed E-state index contributed by atoms with van der Waals surface area (Å²) < 4.78 is 5.08. The maximum Gasteiger partial charge on any atom is 0.257 e. The predicted molar refractivity (Wildman–Crippen MR) is 99.0 cm³/mol. The lowest BCUT2D eigenvalue weighted by molar-refractivity contribution is -0.125. The van der Waals surface area contributed by atoms with Crippen molar-refractivity contribution in [2.24, 2.45) is 0 Å². The van der Waals surface area contributed by atoms with Crippen LogP contribution in [0, 0.1) is 13.8 Å². The van der Waals surface area contributed by atoms with E-state index >= 15 is 0 Å². The molecule has 0 spiro atoms. The van der Waals surface area contributed by atoms with Crippen molar-refractivity contribution in [3.8, 4) is 0 Å². The van der Waals surface area contributed by atoms with E-state index in [1.165, 1.54) is 5.56 Å². The van der Waals surface area contributed by atoms with Crippen LogP contribution in [0.4, 0.5) is 0 Å². The molecule has 7 nitrogen and oxygen atoms in total. The molecular weight excluding hydrogens is 352 g/mol. The van der Waals surface area contributed by atoms with E-state index in [1.807, 2.05) is 12.3 Å². The Balaban J connectivity index is 1.70. The molecule has 0 unspecified atom stereocenters. The Morgan fingerprint density at radius 2 is 2.23 bits per heavy atom. The maximum atomic E-state index is 12.6. The number of carbonyl (C=O) groups is 2. The number of hydrogen-bond donors (Lipinski definition) is 2. The number of nitrogens with one attached hydrogen (secondary N) is 2. The Morgan fingerprint density at radius 1 is 1.42 bits per heavy atom. The number of rotatable bonds is 6. The minimum absolute atomic E-state index is 0.0109. The molecule has 0 aliphatic carbocycles. The van der Waals surface area contributed by atoms with Crippen molar-refractivity contribution < 1.29 is 14.1 Å². The van der Waals surface area contributed by atoms with Gasteiger partial charge >= 0.3 is 0 Å². The van der Waals surface area contributed by atoms with Gasteiger partial charge in [0.2, 0.25) is 5.91 Å². The summed E-state index contributed by atoms with van der Waals surface area (Å²) in [7, 11) is 0. The van der Waals surface area contributed by atoms with Crippen LogP contribution in [0.2, 0.25) is 0 Å². The van der Waals surface area contributed by atoms with Gasteiger partial charge in [0, 0.05) is 25.7 Å². The van der Waals surface area contributed by atoms with Gasteiger partial charge in [0.1, 0.15) is 11.3 Å². The Labute approximate surface area is 156 Å². The molecule has 0 saturated carbocycles. The highest BCUT2D eigenvalue weighted by molar-refractivity contribution is 7.07. The molecule has 2 N–H and O–H groups in total. The Bertz CT molecular complexity index is 752. The SMILES string of the molecule is CCNC(=O)[C@@H]1C[C@@H](NC(=O)c2c(C)noc2C)CN1Cc1ccsc1. The van der Waals surface area contributed by atoms with Crippen LogP contribution in [0.15, 0.2) is 21.3 Å². The number of likely N-dealkylation sites (N-methyl/N-ethyl adjacent to an activating group) is 1. The van der Waals surface area contributed by atoms with E-state index < -0.39 is 0 Å². The quantitative estimate of drug-likeness (QED) is 0.804. The van der Waals surface area contributed by atoms with E-state index in [9.17, 15) is 9.59 Å². The number of aryl methyl sites for hydroxylation is 2. The average Bonchev–Trinajstić information content (AvgIpc) is 3.30. The second-order valence-corrected chi connectivity index (χ2v) is 7.36. The third-order valence-electron chi connectivity index (χ3n) is 4.62. The molecule has 1 fully saturated rings. The highest BCUT2D eigenvalue weighted by atomic mass is 32.1. The number of thiophene rings is 1. The van der Waals surface area contributed by atoms with Crippen molar-refractivity contribution in [3.63, 3.8) is 0 Å². The van der Waals surface area contributed by atoms with Gasteiger partial charge in [-0.2, -0.15) is 11.3 Å². The average molecular weight is 376 g/mol. The third kappa shape index (κ3) is 3.96. The zero-order valence-corrected chi connectivity index (χ0v) is 16.1. The van der Waals surface area contributed by atoms with Gasteiger partial charge in [0.25, 0.3) is 5.91 Å². The summed E-state index contributed by atoms with van der Waals surface area (Å²) in [5.41, 5.74) is 2.24. The Morgan fingerprint density at radius 3 is 2.85 bits per heavy atom. The monoisotopic (exact) mass is 376 g/mol. The number of nitrogens with zero attached hydrogens (tertiary/aromatic N) is 2. The van der Waals surface area contributed by atoms with Crippen LogP contribution in [-0.4, -0.2) is 47.0 Å². The first-order chi connectivity index (χ1) is 12.5. The highest BCUT2D eigenvalue weighted by Crippen LogP contribution is 2.23. The van der Waals surface area contributed by atoms with E-state index in [0.717, 1.165) is 0 Å². The van der Waals surface area contributed by atoms with Crippen molar-refractivity contribution in [3.05, 3.63) is 39.4 Å². The van der Waals surface area contributed by atoms with Crippen molar-refractivity contribution in [2.45, 2.75) is 45.8 Å². The topological polar surface area (TPSA) is 87.5 Å². The Kier molecular flexibility index (Phi) is 5.73. The van der Waals surface area contributed by atoms with E-state index in [-0.39, 0.29) is 23.9 Å². The largest absolute Gasteiger partial charge is 0.361 e. The lowest BCUT2D eigenvalue weighted by Gasteiger charge is -2.22. The summed E-state index contributed by atoms with van der Waals surface area (Å²) in [6, 6.07) is 1.72. The lowest BCUT2D eigenvalue weighted by Crippen LogP contribution is -2.42. The first-order valence-corrected chi connectivity index (χ1v) is 9.70. The maximum absolute atomic E-state index is 12.6. The van der Waals surface area contributed by atoms with Crippen LogP contribution in [-0.2, 0) is 11.3 Å². The van der Waals surface area contributed by atoms with Gasteiger partial charge in [-0.25, -0.2) is 0 Å². The summed E-state index contributed by atoms with van der Waals surface area (Å²) >= 11 is 1.64. The molecule has 140 valence electrons. The number of aromatic nitrogens is 1. The van der Waals surface area contributed by atoms with Gasteiger partial charge < -0.3 is 15.2 Å². The lowest BCUT2D eigenvalue weighted by atomic mass is 10.1. The van der Waals surface area contributed by atoms with Gasteiger partial charge in [-0.05, 0) is 49.6 Å². The molecule has 3 rings (SSSR count). The molecule has 0 aromatic carbocycles. The molecule has 2 aromatic rings. The van der Waals surface area contributed by atoms with E-state index in [4.69, 9.17) is 4.52 Å². The summed E-state index contributed by atoms with van der Waals surface area (Å²) in [5, 5.41) is 13.9. The second-order valence-electron chi connectivity index (χ2n) is 6.58. The van der Waals surface area contributed by atoms with Crippen molar-refractivity contribution in [1.82, 2.24) is 20.7 Å². The molecule has 1 aliphatic heterocycles. The fraction of sp³-hybridized carbons (Fsp3) is 0.500. The minimum Gasteiger partial charge on any atom is -0.361 e. The molecule has 2 amide bonds. The molecule has 1 saturated heterocycles. The molecule has 26 heavy (non-hydrogen) atoms. The smallest absolute Gasteiger partial charge is 0.257 e. The van der Waals surface area contributed by atoms with E-state index in [1.54, 1.807) is 25.2 Å². The number of carbonyl (C=O) groups excluding carboxylic acids is 2. The van der Waals surface area contributed by atoms with Gasteiger partial charge in [-0.1, -0.05) is 5.16 Å². The van der Waals surface area contributed by atoms with Crippen LogP contribution in [0.25, 0.3) is 0 Å². The molecule has 8 heteroatoms. The summed E-state index contributed by atoms with van der Waals surface area (Å²) in [6.07, 6.45) is 0.588. The first kappa shape index (κ1) is 18.6. The zero-order valence-electron chi connectivity index (χ0n) is 15.2. The Hall–Kier alpha value is -2.19. The van der Waals surface area contributed by atoms with Gasteiger partial charge in [-0.15, -0.1) is 0 Å². The summed E-state index contributed by atoms with van der Waals surface area (Å²) in [5.74, 6) is 0.323. The van der Waals surface area contributed by atoms with Crippen LogP contribution < -0.4 is 10.6 Å². The van der Waals surface area contributed by atoms with Crippen LogP contribution in [0.1, 0.15) is 40.7 Å². The number of amides is 2. The molecule has 0 bridgehead atoms. The number of hydrogen-bond acceptors (Lipinski definition) is 6. The van der Waals surface area contributed by atoms with E-state index in [0.29, 0.717) is 43.1 Å². The highest BCUT2D eigenvalue weighted by Gasteiger charge is 2.37. The first-order valence-electron chi connectivity index (χ1n) is 8.76. The molecule has 2 atom stereocenters. The standard InChI is InChI=1S/C18H24N4O3S/c1-4-19-17(23)15-7-14(9-22(15)8-13-5-6-26-10-13)20-18(24)16-11(2)21-25-12(16)3/h5-6,10,14-15H,4,7-9H2,1-3H3,(H,19,23)(H,20,24)/t14-,15+/m1/s1. The fourth-order valence-electron chi connectivity index (χ4n) is 3.43. The van der Waals surface area contributed by atoms with Crippen molar-refractivity contribution >= 4 is 23.2 Å². The zero-order chi connectivity index (χ0) is 18.7. The van der Waals surface area contributed by atoms with Crippen LogP contribution in [0.5, 0.6) is 0 Å². The summed E-state index contributed by atoms with van der Waals surface area (Å²) in [4.78, 5) is 27.2.